The monoisotopic (exact) mass is 205 g/mol. The second-order valence-corrected chi connectivity index (χ2v) is 7.29. The Hall–Kier alpha value is 0.0600. The van der Waals surface area contributed by atoms with E-state index in [9.17, 15) is 9.28 Å². The molecule has 2 unspecified atom stereocenters. The molecule has 1 N–H and O–H groups in total. The van der Waals surface area contributed by atoms with Gasteiger partial charge in [-0.3, -0.25) is 4.89 Å². The Labute approximate surface area is 80.5 Å². The van der Waals surface area contributed by atoms with E-state index >= 15 is 0 Å². The van der Waals surface area contributed by atoms with E-state index in [0.29, 0.717) is 18.7 Å². The van der Waals surface area contributed by atoms with Crippen LogP contribution in [0.15, 0.2) is 12.7 Å². The van der Waals surface area contributed by atoms with Crippen molar-refractivity contribution in [2.45, 2.75) is 31.9 Å². The quantitative estimate of drug-likeness (QED) is 0.542. The minimum Gasteiger partial charge on any atom is -0.251 e. The Kier molecular flexibility index (Phi) is 4.34. The van der Waals surface area contributed by atoms with Gasteiger partial charge in [-0.05, 0) is 19.3 Å². The van der Waals surface area contributed by atoms with Gasteiger partial charge in [-0.1, -0.05) is 19.1 Å². The van der Waals surface area contributed by atoms with Crippen LogP contribution in [-0.4, -0.2) is 29.6 Å². The molecule has 1 fully saturated rings. The maximum absolute atomic E-state index is 13.3. The lowest BCUT2D eigenvalue weighted by molar-refractivity contribution is 0.325. The van der Waals surface area contributed by atoms with Gasteiger partial charge in [-0.2, -0.15) is 0 Å². The molecule has 0 amide bonds. The molecule has 13 heavy (non-hydrogen) atoms. The first-order valence-corrected chi connectivity index (χ1v) is 7.30. The Morgan fingerprint density at radius 1 is 1.46 bits per heavy atom. The van der Waals surface area contributed by atoms with E-state index in [2.05, 4.69) is 6.58 Å². The van der Waals surface area contributed by atoms with Crippen LogP contribution in [0.1, 0.15) is 25.7 Å². The zero-order valence-corrected chi connectivity index (χ0v) is 8.98. The summed E-state index contributed by atoms with van der Waals surface area (Å²) in [6.45, 7) is 3.62. The van der Waals surface area contributed by atoms with Crippen LogP contribution in [0.4, 0.5) is 4.39 Å². The molecule has 0 aromatic heterocycles. The van der Waals surface area contributed by atoms with Crippen molar-refractivity contribution >= 4 is 7.49 Å². The zero-order valence-electron chi connectivity index (χ0n) is 8.08. The van der Waals surface area contributed by atoms with Crippen molar-refractivity contribution in [2.24, 2.45) is 0 Å². The molecule has 0 radical (unpaired) electrons. The fourth-order valence-electron chi connectivity index (χ4n) is 1.91. The molecule has 1 nitrogen and oxygen atoms in total. The second-order valence-electron chi connectivity index (χ2n) is 3.92. The van der Waals surface area contributed by atoms with Crippen LogP contribution in [0.2, 0.25) is 0 Å². The molecule has 0 spiro atoms. The molecule has 1 heterocycles. The molecular weight excluding hydrogens is 186 g/mol. The summed E-state index contributed by atoms with van der Waals surface area (Å²) in [5, 5.41) is 0. The van der Waals surface area contributed by atoms with Gasteiger partial charge < -0.3 is 0 Å². The molecule has 0 saturated carbocycles. The lowest BCUT2D eigenvalue weighted by Crippen LogP contribution is -2.17. The van der Waals surface area contributed by atoms with E-state index in [4.69, 9.17) is 0 Å². The second kappa shape index (κ2) is 5.07. The summed E-state index contributed by atoms with van der Waals surface area (Å²) in [6.07, 6.45) is 6.58. The van der Waals surface area contributed by atoms with Crippen LogP contribution in [0.25, 0.3) is 0 Å². The van der Waals surface area contributed by atoms with Crippen molar-refractivity contribution in [1.29, 1.82) is 0 Å². The number of allylic oxidation sites excluding steroid dienone is 1. The zero-order chi connectivity index (χ0) is 9.73. The summed E-state index contributed by atoms with van der Waals surface area (Å²) in [4.78, 5) is 10.1. The van der Waals surface area contributed by atoms with Crippen molar-refractivity contribution in [3.63, 3.8) is 0 Å². The molecular formula is C10H19FOP+. The van der Waals surface area contributed by atoms with Crippen LogP contribution < -0.4 is 0 Å². The van der Waals surface area contributed by atoms with Crippen LogP contribution in [0, 0.1) is 0 Å². The van der Waals surface area contributed by atoms with Crippen LogP contribution >= 0.6 is 7.49 Å². The Morgan fingerprint density at radius 2 is 2.23 bits per heavy atom. The molecule has 0 bridgehead atoms. The summed E-state index contributed by atoms with van der Waals surface area (Å²) in [6, 6.07) is 0. The average molecular weight is 205 g/mol. The molecule has 1 aliphatic heterocycles. The van der Waals surface area contributed by atoms with Gasteiger partial charge in [0.1, 0.15) is 26.0 Å². The molecule has 0 aliphatic carbocycles. The number of hydrogen-bond donors (Lipinski definition) is 1. The van der Waals surface area contributed by atoms with Gasteiger partial charge in [-0.15, -0.1) is 0 Å². The van der Waals surface area contributed by atoms with E-state index < -0.39 is 13.7 Å². The maximum Gasteiger partial charge on any atom is 0.148 e. The highest BCUT2D eigenvalue weighted by Gasteiger charge is 2.37. The Morgan fingerprint density at radius 3 is 2.92 bits per heavy atom. The van der Waals surface area contributed by atoms with E-state index in [1.165, 1.54) is 0 Å². The summed E-state index contributed by atoms with van der Waals surface area (Å²) < 4.78 is 13.3. The van der Waals surface area contributed by atoms with Gasteiger partial charge in [0.05, 0.1) is 6.16 Å². The third-order valence-electron chi connectivity index (χ3n) is 2.60. The first kappa shape index (κ1) is 11.1. The topological polar surface area (TPSA) is 20.2 Å². The minimum absolute atomic E-state index is 0.402. The predicted octanol–water partition coefficient (Wildman–Crippen LogP) is 3.01. The SMILES string of the molecule is C=CC[P+]1(O)CCCCCC(F)C1. The van der Waals surface area contributed by atoms with Gasteiger partial charge in [0, 0.05) is 0 Å². The minimum atomic E-state index is -1.98. The molecule has 3 heteroatoms. The van der Waals surface area contributed by atoms with Gasteiger partial charge in [0.2, 0.25) is 0 Å². The van der Waals surface area contributed by atoms with E-state index in [1.54, 1.807) is 6.08 Å². The van der Waals surface area contributed by atoms with Crippen LogP contribution in [0.3, 0.4) is 0 Å². The molecule has 0 aromatic carbocycles. The van der Waals surface area contributed by atoms with Gasteiger partial charge >= 0.3 is 0 Å². The standard InChI is InChI=1S/C10H19FOP/c1-2-7-13(12)8-5-3-4-6-10(11)9-13/h2,10,12H,1,3-9H2/q+1. The molecule has 2 atom stereocenters. The smallest absolute Gasteiger partial charge is 0.148 e. The van der Waals surface area contributed by atoms with Crippen molar-refractivity contribution in [1.82, 2.24) is 0 Å². The summed E-state index contributed by atoms with van der Waals surface area (Å²) in [5.74, 6) is 0. The Bertz CT molecular complexity index is 174. The summed E-state index contributed by atoms with van der Waals surface area (Å²) >= 11 is 0. The van der Waals surface area contributed by atoms with Crippen molar-refractivity contribution < 1.29 is 9.28 Å². The molecule has 1 aliphatic rings. The third kappa shape index (κ3) is 3.74. The average Bonchev–Trinajstić information content (AvgIpc) is 2.01. The highest BCUT2D eigenvalue weighted by Crippen LogP contribution is 2.57. The van der Waals surface area contributed by atoms with Crippen molar-refractivity contribution in [2.75, 3.05) is 18.5 Å². The summed E-state index contributed by atoms with van der Waals surface area (Å²) in [7, 11) is -1.98. The lowest BCUT2D eigenvalue weighted by atomic mass is 10.1. The molecule has 76 valence electrons. The first-order chi connectivity index (χ1) is 6.16. The fourth-order valence-corrected chi connectivity index (χ4v) is 4.63. The number of halogens is 1. The number of hydrogen-bond acceptors (Lipinski definition) is 1. The normalized spacial score (nSPS) is 36.3. The fraction of sp³-hybridized carbons (Fsp3) is 0.800. The first-order valence-electron chi connectivity index (χ1n) is 5.00. The van der Waals surface area contributed by atoms with E-state index in [1.807, 2.05) is 0 Å². The van der Waals surface area contributed by atoms with Gasteiger partial charge in [-0.25, -0.2) is 4.39 Å². The molecule has 0 aromatic rings. The van der Waals surface area contributed by atoms with Crippen LogP contribution in [0.5, 0.6) is 0 Å². The highest BCUT2D eigenvalue weighted by atomic mass is 31.2. The Balaban J connectivity index is 2.53. The van der Waals surface area contributed by atoms with E-state index in [-0.39, 0.29) is 0 Å². The number of alkyl halides is 1. The van der Waals surface area contributed by atoms with Crippen molar-refractivity contribution in [3.8, 4) is 0 Å². The van der Waals surface area contributed by atoms with Crippen LogP contribution in [-0.2, 0) is 0 Å². The van der Waals surface area contributed by atoms with E-state index in [0.717, 1.165) is 25.4 Å². The van der Waals surface area contributed by atoms with Gasteiger partial charge in [0.25, 0.3) is 0 Å². The number of rotatable bonds is 2. The summed E-state index contributed by atoms with van der Waals surface area (Å²) in [5.41, 5.74) is 0. The molecule has 1 rings (SSSR count). The highest BCUT2D eigenvalue weighted by molar-refractivity contribution is 7.70. The van der Waals surface area contributed by atoms with Crippen molar-refractivity contribution in [3.05, 3.63) is 12.7 Å². The largest absolute Gasteiger partial charge is 0.251 e. The van der Waals surface area contributed by atoms with Gasteiger partial charge in [0.15, 0.2) is 0 Å². The lowest BCUT2D eigenvalue weighted by Gasteiger charge is -2.23. The predicted molar refractivity (Wildman–Crippen MR) is 57.3 cm³/mol. The third-order valence-corrected chi connectivity index (χ3v) is 5.76. The molecule has 1 saturated heterocycles. The maximum atomic E-state index is 13.3.